The van der Waals surface area contributed by atoms with Gasteiger partial charge < -0.3 is 16.0 Å². The van der Waals surface area contributed by atoms with Crippen LogP contribution >= 0.6 is 0 Å². The normalized spacial score (nSPS) is 18.6. The van der Waals surface area contributed by atoms with Gasteiger partial charge in [-0.1, -0.05) is 60.7 Å². The summed E-state index contributed by atoms with van der Waals surface area (Å²) in [5.74, 6) is 0.313. The molecule has 1 aliphatic heterocycles. The number of benzene rings is 2. The molecule has 1 aromatic heterocycles. The molecule has 0 saturated carbocycles. The molecule has 5 rings (SSSR count). The van der Waals surface area contributed by atoms with Crippen molar-refractivity contribution in [1.82, 2.24) is 20.6 Å². The molecule has 1 unspecified atom stereocenters. The molecule has 2 aliphatic rings. The molecule has 7 heteroatoms. The number of amides is 2. The average Bonchev–Trinajstić information content (AvgIpc) is 3.40. The van der Waals surface area contributed by atoms with Crippen molar-refractivity contribution in [2.45, 2.75) is 33.2 Å². The Morgan fingerprint density at radius 1 is 1.05 bits per heavy atom. The van der Waals surface area contributed by atoms with Crippen molar-refractivity contribution in [1.29, 1.82) is 0 Å². The van der Waals surface area contributed by atoms with Crippen molar-refractivity contribution in [2.24, 2.45) is 5.41 Å². The van der Waals surface area contributed by atoms with Gasteiger partial charge in [0.1, 0.15) is 17.8 Å². The molecule has 1 aliphatic carbocycles. The second-order valence-electron chi connectivity index (χ2n) is 9.38. The minimum atomic E-state index is -0.581. The first-order valence-corrected chi connectivity index (χ1v) is 12.3. The lowest BCUT2D eigenvalue weighted by atomic mass is 9.78. The number of hydrogen-bond acceptors (Lipinski definition) is 5. The first kappa shape index (κ1) is 24.2. The molecule has 0 radical (unpaired) electrons. The van der Waals surface area contributed by atoms with Crippen LogP contribution in [0.4, 0.5) is 11.5 Å². The van der Waals surface area contributed by atoms with E-state index in [2.05, 4.69) is 38.1 Å². The lowest BCUT2D eigenvalue weighted by Crippen LogP contribution is -2.34. The van der Waals surface area contributed by atoms with Gasteiger partial charge in [0, 0.05) is 24.0 Å². The van der Waals surface area contributed by atoms with E-state index in [-0.39, 0.29) is 17.5 Å². The van der Waals surface area contributed by atoms with Crippen LogP contribution in [0.25, 0.3) is 0 Å². The summed E-state index contributed by atoms with van der Waals surface area (Å²) in [5, 5.41) is 9.23. The summed E-state index contributed by atoms with van der Waals surface area (Å²) >= 11 is 0. The van der Waals surface area contributed by atoms with Crippen molar-refractivity contribution >= 4 is 23.3 Å². The summed E-state index contributed by atoms with van der Waals surface area (Å²) in [6.45, 7) is 4.35. The van der Waals surface area contributed by atoms with Gasteiger partial charge in [-0.05, 0) is 61.1 Å². The molecule has 186 valence electrons. The Balaban J connectivity index is 1.30. The Labute approximate surface area is 216 Å². The summed E-state index contributed by atoms with van der Waals surface area (Å²) < 4.78 is 0. The van der Waals surface area contributed by atoms with Gasteiger partial charge in [-0.25, -0.2) is 9.97 Å². The van der Waals surface area contributed by atoms with Crippen LogP contribution in [0.5, 0.6) is 0 Å². The van der Waals surface area contributed by atoms with E-state index in [4.69, 9.17) is 0 Å². The van der Waals surface area contributed by atoms with Crippen molar-refractivity contribution in [2.75, 3.05) is 5.32 Å². The molecule has 1 spiro atoms. The van der Waals surface area contributed by atoms with Crippen LogP contribution in [0.15, 0.2) is 96.5 Å². The highest BCUT2D eigenvalue weighted by molar-refractivity contribution is 5.94. The second kappa shape index (κ2) is 10.2. The highest BCUT2D eigenvalue weighted by Crippen LogP contribution is 2.47. The number of anilines is 2. The zero-order valence-electron chi connectivity index (χ0n) is 20.9. The highest BCUT2D eigenvalue weighted by Gasteiger charge is 2.50. The van der Waals surface area contributed by atoms with Gasteiger partial charge in [0.25, 0.3) is 5.91 Å². The lowest BCUT2D eigenvalue weighted by Gasteiger charge is -2.22. The van der Waals surface area contributed by atoms with E-state index in [1.807, 2.05) is 74.5 Å². The minimum Gasteiger partial charge on any atom is -0.347 e. The largest absolute Gasteiger partial charge is 0.347 e. The number of nitrogens with one attached hydrogen (secondary N) is 3. The molecule has 2 heterocycles. The van der Waals surface area contributed by atoms with Crippen LogP contribution in [0.3, 0.4) is 0 Å². The Morgan fingerprint density at radius 2 is 1.86 bits per heavy atom. The number of aromatic nitrogens is 2. The number of carbonyl (C=O) groups is 2. The monoisotopic (exact) mass is 491 g/mol. The number of fused-ring (bicyclic) bond motifs is 1. The van der Waals surface area contributed by atoms with Gasteiger partial charge in [0.15, 0.2) is 0 Å². The zero-order valence-corrected chi connectivity index (χ0v) is 20.9. The molecule has 37 heavy (non-hydrogen) atoms. The number of nitrogens with zero attached hydrogens (tertiary/aromatic N) is 2. The van der Waals surface area contributed by atoms with Gasteiger partial charge in [-0.15, -0.1) is 0 Å². The van der Waals surface area contributed by atoms with E-state index in [1.54, 1.807) is 6.07 Å². The quantitative estimate of drug-likeness (QED) is 0.414. The molecule has 0 bridgehead atoms. The molecule has 3 N–H and O–H groups in total. The fraction of sp³-hybridized carbons (Fsp3) is 0.200. The Morgan fingerprint density at radius 3 is 2.68 bits per heavy atom. The van der Waals surface area contributed by atoms with E-state index in [9.17, 15) is 9.59 Å². The van der Waals surface area contributed by atoms with Gasteiger partial charge in [0.2, 0.25) is 5.91 Å². The summed E-state index contributed by atoms with van der Waals surface area (Å²) in [6, 6.07) is 17.5. The Kier molecular flexibility index (Phi) is 6.68. The van der Waals surface area contributed by atoms with Gasteiger partial charge in [-0.2, -0.15) is 0 Å². The van der Waals surface area contributed by atoms with E-state index >= 15 is 0 Å². The van der Waals surface area contributed by atoms with Crippen molar-refractivity contribution in [3.63, 3.8) is 0 Å². The van der Waals surface area contributed by atoms with Gasteiger partial charge in [-0.3, -0.25) is 9.59 Å². The van der Waals surface area contributed by atoms with Crippen LogP contribution in [-0.2, 0) is 24.2 Å². The zero-order chi connectivity index (χ0) is 25.8. The molecule has 2 amide bonds. The molecular formula is C30H29N5O2. The first-order chi connectivity index (χ1) is 18.0. The maximum absolute atomic E-state index is 13.1. The molecule has 0 saturated heterocycles. The topological polar surface area (TPSA) is 96.0 Å². The Bertz CT molecular complexity index is 1440. The summed E-state index contributed by atoms with van der Waals surface area (Å²) in [5.41, 5.74) is 5.81. The van der Waals surface area contributed by atoms with Crippen molar-refractivity contribution in [3.05, 3.63) is 119 Å². The van der Waals surface area contributed by atoms with Gasteiger partial charge in [0.05, 0.1) is 5.41 Å². The molecule has 7 nitrogen and oxygen atoms in total. The first-order valence-electron chi connectivity index (χ1n) is 12.3. The minimum absolute atomic E-state index is 0.0535. The lowest BCUT2D eigenvalue weighted by molar-refractivity contribution is -0.126. The predicted octanol–water partition coefficient (Wildman–Crippen LogP) is 4.77. The predicted molar refractivity (Wildman–Crippen MR) is 144 cm³/mol. The molecule has 3 aromatic rings. The molecule has 0 fully saturated rings. The maximum atomic E-state index is 13.1. The average molecular weight is 492 g/mol. The maximum Gasteiger partial charge on any atom is 0.270 e. The van der Waals surface area contributed by atoms with Crippen LogP contribution in [0.1, 0.15) is 41.0 Å². The summed E-state index contributed by atoms with van der Waals surface area (Å²) in [6.07, 6.45) is 10.6. The van der Waals surface area contributed by atoms with Crippen molar-refractivity contribution < 1.29 is 9.59 Å². The van der Waals surface area contributed by atoms with Crippen molar-refractivity contribution in [3.8, 4) is 0 Å². The van der Waals surface area contributed by atoms with Crippen LogP contribution < -0.4 is 16.0 Å². The fourth-order valence-corrected chi connectivity index (χ4v) is 5.06. The molecule has 1 atom stereocenters. The fourth-order valence-electron chi connectivity index (χ4n) is 5.06. The van der Waals surface area contributed by atoms with Gasteiger partial charge >= 0.3 is 0 Å². The number of hydrogen-bond donors (Lipinski definition) is 3. The standard InChI is InChI=1S/C30H29N5O2/c1-3-4-6-11-25-20(2)34-29(37)30(25)16-22-12-13-24(14-23(22)17-30)35-27-15-26(32-19-33-27)28(36)31-18-21-9-7-5-8-10-21/h3-15,19H,16-18H2,1-2H3,(H,31,36)(H,34,37)(H,32,33,35)/b4-3?,11-6-. The van der Waals surface area contributed by atoms with E-state index in [1.165, 1.54) is 6.33 Å². The molecule has 2 aromatic carbocycles. The second-order valence-corrected chi connectivity index (χ2v) is 9.38. The number of carbonyl (C=O) groups excluding carboxylic acids is 2. The number of allylic oxidation sites excluding steroid dienone is 5. The third-order valence-electron chi connectivity index (χ3n) is 6.88. The Hall–Kier alpha value is -4.52. The summed E-state index contributed by atoms with van der Waals surface area (Å²) in [7, 11) is 0. The van der Waals surface area contributed by atoms with Crippen LogP contribution in [0.2, 0.25) is 0 Å². The third-order valence-corrected chi connectivity index (χ3v) is 6.88. The van der Waals surface area contributed by atoms with Crippen LogP contribution in [0, 0.1) is 5.41 Å². The van der Waals surface area contributed by atoms with E-state index in [0.29, 0.717) is 25.2 Å². The van der Waals surface area contributed by atoms with Crippen LogP contribution in [-0.4, -0.2) is 21.8 Å². The highest BCUT2D eigenvalue weighted by atomic mass is 16.2. The smallest absolute Gasteiger partial charge is 0.270 e. The van der Waals surface area contributed by atoms with E-state index < -0.39 is 5.41 Å². The SMILES string of the molecule is CC=C/C=C\C1=C(C)NC(=O)C12Cc1ccc(Nc3cc(C(=O)NCc4ccccc4)ncn3)cc1C2. The third kappa shape index (κ3) is 4.93. The number of rotatable bonds is 7. The van der Waals surface area contributed by atoms with E-state index in [0.717, 1.165) is 33.6 Å². The molecular weight excluding hydrogens is 462 g/mol. The summed E-state index contributed by atoms with van der Waals surface area (Å²) in [4.78, 5) is 34.1.